The molecule has 1 aliphatic carbocycles. The first kappa shape index (κ1) is 20.0. The number of nitrogens with zero attached hydrogens (tertiary/aromatic N) is 4. The van der Waals surface area contributed by atoms with Crippen molar-refractivity contribution in [1.82, 2.24) is 14.7 Å². The second-order valence-electron chi connectivity index (χ2n) is 8.24. The van der Waals surface area contributed by atoms with Crippen LogP contribution in [0, 0.1) is 0 Å². The van der Waals surface area contributed by atoms with Crippen LogP contribution in [-0.4, -0.2) is 85.6 Å². The van der Waals surface area contributed by atoms with Gasteiger partial charge in [0.1, 0.15) is 12.3 Å². The van der Waals surface area contributed by atoms with Crippen LogP contribution in [0.15, 0.2) is 24.3 Å². The molecule has 3 fully saturated rings. The Hall–Kier alpha value is -2.28. The number of para-hydroxylation sites is 2. The number of carbonyl (C=O) groups excluding carboxylic acids is 2. The fourth-order valence-electron chi connectivity index (χ4n) is 4.85. The Morgan fingerprint density at radius 2 is 1.72 bits per heavy atom. The number of carbonyl (C=O) groups is 2. The summed E-state index contributed by atoms with van der Waals surface area (Å²) in [6.45, 7) is 4.75. The summed E-state index contributed by atoms with van der Waals surface area (Å²) >= 11 is 0. The number of amides is 3. The second kappa shape index (κ2) is 9.03. The number of urea groups is 1. The molecule has 0 radical (unpaired) electrons. The van der Waals surface area contributed by atoms with Crippen LogP contribution in [0.1, 0.15) is 32.1 Å². The number of piperazine rings is 1. The van der Waals surface area contributed by atoms with Gasteiger partial charge in [-0.25, -0.2) is 4.79 Å². The largest absolute Gasteiger partial charge is 0.495 e. The maximum absolute atomic E-state index is 12.9. The van der Waals surface area contributed by atoms with Gasteiger partial charge >= 0.3 is 6.03 Å². The maximum Gasteiger partial charge on any atom is 0.325 e. The van der Waals surface area contributed by atoms with E-state index in [2.05, 4.69) is 4.90 Å². The quantitative estimate of drug-likeness (QED) is 0.762. The van der Waals surface area contributed by atoms with E-state index in [0.29, 0.717) is 24.9 Å². The van der Waals surface area contributed by atoms with Crippen molar-refractivity contribution in [2.45, 2.75) is 38.1 Å². The van der Waals surface area contributed by atoms with E-state index >= 15 is 0 Å². The molecule has 1 aromatic rings. The molecule has 2 saturated heterocycles. The van der Waals surface area contributed by atoms with E-state index in [1.54, 1.807) is 16.9 Å². The zero-order chi connectivity index (χ0) is 20.2. The van der Waals surface area contributed by atoms with Gasteiger partial charge in [0.15, 0.2) is 0 Å². The van der Waals surface area contributed by atoms with E-state index in [0.717, 1.165) is 31.9 Å². The molecule has 0 atom stereocenters. The lowest BCUT2D eigenvalue weighted by Crippen LogP contribution is -2.54. The molecule has 0 unspecified atom stereocenters. The lowest BCUT2D eigenvalue weighted by atomic mass is 9.94. The molecule has 3 amide bonds. The number of hydrogen-bond donors (Lipinski definition) is 0. The van der Waals surface area contributed by atoms with Crippen LogP contribution in [0.25, 0.3) is 0 Å². The molecule has 1 saturated carbocycles. The van der Waals surface area contributed by atoms with Gasteiger partial charge in [0.2, 0.25) is 5.91 Å². The zero-order valence-corrected chi connectivity index (χ0v) is 17.4. The van der Waals surface area contributed by atoms with Crippen molar-refractivity contribution in [3.05, 3.63) is 24.3 Å². The number of benzene rings is 1. The smallest absolute Gasteiger partial charge is 0.325 e. The molecule has 3 aliphatic rings. The van der Waals surface area contributed by atoms with Crippen LogP contribution in [-0.2, 0) is 4.79 Å². The first-order valence-corrected chi connectivity index (χ1v) is 10.9. The van der Waals surface area contributed by atoms with Crippen molar-refractivity contribution in [2.75, 3.05) is 57.8 Å². The summed E-state index contributed by atoms with van der Waals surface area (Å²) in [5.41, 5.74) is 0.760. The predicted octanol–water partition coefficient (Wildman–Crippen LogP) is 2.41. The third kappa shape index (κ3) is 4.34. The average Bonchev–Trinajstić information content (AvgIpc) is 3.14. The Morgan fingerprint density at radius 3 is 2.45 bits per heavy atom. The van der Waals surface area contributed by atoms with Crippen molar-refractivity contribution in [3.63, 3.8) is 0 Å². The molecule has 0 spiro atoms. The van der Waals surface area contributed by atoms with Gasteiger partial charge in [-0.15, -0.1) is 0 Å². The maximum atomic E-state index is 12.9. The highest BCUT2D eigenvalue weighted by Crippen LogP contribution is 2.30. The van der Waals surface area contributed by atoms with E-state index < -0.39 is 0 Å². The lowest BCUT2D eigenvalue weighted by molar-refractivity contribution is -0.133. The normalized spacial score (nSPS) is 21.7. The zero-order valence-electron chi connectivity index (χ0n) is 17.4. The average molecular weight is 401 g/mol. The molecule has 2 heterocycles. The molecule has 158 valence electrons. The van der Waals surface area contributed by atoms with Crippen molar-refractivity contribution in [3.8, 4) is 5.75 Å². The fourth-order valence-corrected chi connectivity index (χ4v) is 4.85. The van der Waals surface area contributed by atoms with E-state index in [1.165, 1.54) is 32.1 Å². The van der Waals surface area contributed by atoms with Gasteiger partial charge < -0.3 is 14.5 Å². The molecule has 0 N–H and O–H groups in total. The molecule has 29 heavy (non-hydrogen) atoms. The van der Waals surface area contributed by atoms with E-state index in [1.807, 2.05) is 29.2 Å². The third-order valence-corrected chi connectivity index (χ3v) is 6.56. The summed E-state index contributed by atoms with van der Waals surface area (Å²) < 4.78 is 5.39. The summed E-state index contributed by atoms with van der Waals surface area (Å²) in [6, 6.07) is 8.09. The van der Waals surface area contributed by atoms with Crippen LogP contribution in [0.2, 0.25) is 0 Å². The Bertz CT molecular complexity index is 727. The Labute approximate surface area is 173 Å². The third-order valence-electron chi connectivity index (χ3n) is 6.56. The first-order valence-electron chi connectivity index (χ1n) is 10.9. The van der Waals surface area contributed by atoms with Gasteiger partial charge in [0.05, 0.1) is 12.8 Å². The first-order chi connectivity index (χ1) is 14.2. The predicted molar refractivity (Wildman–Crippen MR) is 112 cm³/mol. The highest BCUT2D eigenvalue weighted by atomic mass is 16.5. The summed E-state index contributed by atoms with van der Waals surface area (Å²) in [7, 11) is 1.60. The van der Waals surface area contributed by atoms with Crippen LogP contribution >= 0.6 is 0 Å². The molecule has 7 nitrogen and oxygen atoms in total. The lowest BCUT2D eigenvalue weighted by Gasteiger charge is -2.41. The summed E-state index contributed by atoms with van der Waals surface area (Å²) in [5, 5.41) is 0. The van der Waals surface area contributed by atoms with Crippen LogP contribution < -0.4 is 9.64 Å². The minimum atomic E-state index is -0.122. The molecule has 1 aromatic carbocycles. The molecule has 0 bridgehead atoms. The molecular formula is C22H32N4O3. The highest BCUT2D eigenvalue weighted by molar-refractivity contribution is 5.97. The number of anilines is 1. The van der Waals surface area contributed by atoms with Crippen molar-refractivity contribution >= 4 is 17.6 Å². The Balaban J connectivity index is 1.30. The van der Waals surface area contributed by atoms with Gasteiger partial charge in [0.25, 0.3) is 0 Å². The topological polar surface area (TPSA) is 56.3 Å². The van der Waals surface area contributed by atoms with E-state index in [-0.39, 0.29) is 18.5 Å². The monoisotopic (exact) mass is 400 g/mol. The fraction of sp³-hybridized carbons (Fsp3) is 0.636. The number of rotatable bonds is 5. The minimum Gasteiger partial charge on any atom is -0.495 e. The Morgan fingerprint density at radius 1 is 1.00 bits per heavy atom. The molecule has 2 aliphatic heterocycles. The van der Waals surface area contributed by atoms with Gasteiger partial charge in [-0.05, 0) is 25.0 Å². The SMILES string of the molecule is COc1ccccc1N1CCN(CC(=O)N2CCN(C3CCCCC3)CC2)C1=O. The van der Waals surface area contributed by atoms with Crippen molar-refractivity contribution in [1.29, 1.82) is 0 Å². The molecule has 0 aromatic heterocycles. The summed E-state index contributed by atoms with van der Waals surface area (Å²) in [4.78, 5) is 33.5. The molecule has 4 rings (SSSR count). The van der Waals surface area contributed by atoms with E-state index in [9.17, 15) is 9.59 Å². The second-order valence-corrected chi connectivity index (χ2v) is 8.24. The molecule has 7 heteroatoms. The Kier molecular flexibility index (Phi) is 6.23. The summed E-state index contributed by atoms with van der Waals surface area (Å²) in [5.74, 6) is 0.733. The number of methoxy groups -OCH3 is 1. The van der Waals surface area contributed by atoms with Gasteiger partial charge in [-0.1, -0.05) is 31.4 Å². The van der Waals surface area contributed by atoms with Gasteiger partial charge in [-0.2, -0.15) is 0 Å². The van der Waals surface area contributed by atoms with Crippen LogP contribution in [0.3, 0.4) is 0 Å². The van der Waals surface area contributed by atoms with Crippen LogP contribution in [0.4, 0.5) is 10.5 Å². The highest BCUT2D eigenvalue weighted by Gasteiger charge is 2.34. The standard InChI is InChI=1S/C22H32N4O3/c1-29-20-10-6-5-9-19(20)26-16-15-25(22(26)28)17-21(27)24-13-11-23(12-14-24)18-7-3-2-4-8-18/h5-6,9-10,18H,2-4,7-8,11-17H2,1H3. The van der Waals surface area contributed by atoms with Gasteiger partial charge in [0, 0.05) is 45.3 Å². The number of ether oxygens (including phenoxy) is 1. The van der Waals surface area contributed by atoms with Crippen LogP contribution in [0.5, 0.6) is 5.75 Å². The van der Waals surface area contributed by atoms with Gasteiger partial charge in [-0.3, -0.25) is 14.6 Å². The summed E-state index contributed by atoms with van der Waals surface area (Å²) in [6.07, 6.45) is 6.64. The minimum absolute atomic E-state index is 0.0588. The number of hydrogen-bond acceptors (Lipinski definition) is 4. The van der Waals surface area contributed by atoms with E-state index in [4.69, 9.17) is 4.74 Å². The van der Waals surface area contributed by atoms with Crippen molar-refractivity contribution < 1.29 is 14.3 Å². The van der Waals surface area contributed by atoms with Crippen molar-refractivity contribution in [2.24, 2.45) is 0 Å². The molecular weight excluding hydrogens is 368 g/mol.